The molecule has 3 rings (SSSR count). The first-order valence-corrected chi connectivity index (χ1v) is 6.82. The smallest absolute Gasteiger partial charge is 0.159 e. The Kier molecular flexibility index (Phi) is 3.46. The van der Waals surface area contributed by atoms with E-state index in [-0.39, 0.29) is 5.82 Å². The largest absolute Gasteiger partial charge is 0.312 e. The summed E-state index contributed by atoms with van der Waals surface area (Å²) in [5.41, 5.74) is 2.89. The lowest BCUT2D eigenvalue weighted by Gasteiger charge is -2.07. The highest BCUT2D eigenvalue weighted by atomic mass is 19.1. The normalized spacial score (nSPS) is 11.1. The molecule has 0 radical (unpaired) electrons. The van der Waals surface area contributed by atoms with Crippen LogP contribution < -0.4 is 0 Å². The summed E-state index contributed by atoms with van der Waals surface area (Å²) in [6, 6.07) is 10.5. The zero-order chi connectivity index (χ0) is 13.9. The fraction of sp³-hybridized carbons (Fsp3) is 0.250. The van der Waals surface area contributed by atoms with E-state index >= 15 is 0 Å². The van der Waals surface area contributed by atoms with Gasteiger partial charge in [-0.1, -0.05) is 19.1 Å². The maximum absolute atomic E-state index is 13.0. The Hall–Kier alpha value is -2.23. The lowest BCUT2D eigenvalue weighted by molar-refractivity contribution is 0.626. The minimum Gasteiger partial charge on any atom is -0.312 e. The average Bonchev–Trinajstić information content (AvgIpc) is 2.80. The summed E-state index contributed by atoms with van der Waals surface area (Å²) >= 11 is 0. The summed E-state index contributed by atoms with van der Waals surface area (Å²) < 4.78 is 15.1. The molecule has 0 aliphatic heterocycles. The minimum atomic E-state index is -0.211. The van der Waals surface area contributed by atoms with Crippen molar-refractivity contribution in [3.63, 3.8) is 0 Å². The van der Waals surface area contributed by atoms with Crippen LogP contribution in [0.3, 0.4) is 0 Å². The number of benzene rings is 1. The SMILES string of the molecule is CCCn1c(Cc2ccc(F)cc2)nc2cccnc21. The molecule has 20 heavy (non-hydrogen) atoms. The van der Waals surface area contributed by atoms with Crippen LogP contribution in [-0.2, 0) is 13.0 Å². The molecule has 2 aromatic heterocycles. The first-order chi connectivity index (χ1) is 9.78. The van der Waals surface area contributed by atoms with E-state index < -0.39 is 0 Å². The maximum atomic E-state index is 13.0. The standard InChI is InChI=1S/C16H16FN3/c1-2-10-20-15(11-12-5-7-13(17)8-6-12)19-14-4-3-9-18-16(14)20/h3-9H,2,10-11H2,1H3. The van der Waals surface area contributed by atoms with Crippen molar-refractivity contribution >= 4 is 11.2 Å². The summed E-state index contributed by atoms with van der Waals surface area (Å²) in [5, 5.41) is 0. The minimum absolute atomic E-state index is 0.211. The van der Waals surface area contributed by atoms with Gasteiger partial charge in [0.15, 0.2) is 5.65 Å². The second kappa shape index (κ2) is 5.41. The Labute approximate surface area is 117 Å². The second-order valence-corrected chi connectivity index (χ2v) is 4.83. The molecule has 0 saturated heterocycles. The molecule has 0 aliphatic carbocycles. The van der Waals surface area contributed by atoms with Crippen LogP contribution in [0.15, 0.2) is 42.6 Å². The van der Waals surface area contributed by atoms with Crippen molar-refractivity contribution in [2.45, 2.75) is 26.3 Å². The number of pyridine rings is 1. The summed E-state index contributed by atoms with van der Waals surface area (Å²) in [7, 11) is 0. The van der Waals surface area contributed by atoms with Gasteiger partial charge in [0, 0.05) is 19.2 Å². The van der Waals surface area contributed by atoms with Gasteiger partial charge in [-0.3, -0.25) is 0 Å². The Morgan fingerprint density at radius 2 is 1.95 bits per heavy atom. The highest BCUT2D eigenvalue weighted by molar-refractivity contribution is 5.71. The van der Waals surface area contributed by atoms with Crippen LogP contribution in [0.4, 0.5) is 4.39 Å². The van der Waals surface area contributed by atoms with Gasteiger partial charge in [-0.2, -0.15) is 0 Å². The van der Waals surface area contributed by atoms with Gasteiger partial charge in [0.1, 0.15) is 17.2 Å². The van der Waals surface area contributed by atoms with Gasteiger partial charge in [0.2, 0.25) is 0 Å². The van der Waals surface area contributed by atoms with E-state index in [0.29, 0.717) is 6.42 Å². The van der Waals surface area contributed by atoms with Crippen molar-refractivity contribution in [2.24, 2.45) is 0 Å². The van der Waals surface area contributed by atoms with Gasteiger partial charge < -0.3 is 4.57 Å². The fourth-order valence-electron chi connectivity index (χ4n) is 2.38. The Balaban J connectivity index is 2.01. The van der Waals surface area contributed by atoms with Crippen LogP contribution >= 0.6 is 0 Å². The number of fused-ring (bicyclic) bond motifs is 1. The van der Waals surface area contributed by atoms with E-state index in [9.17, 15) is 4.39 Å². The molecule has 0 saturated carbocycles. The Bertz CT molecular complexity index is 716. The molecule has 0 spiro atoms. The van der Waals surface area contributed by atoms with Crippen molar-refractivity contribution in [3.05, 3.63) is 59.8 Å². The molecule has 102 valence electrons. The van der Waals surface area contributed by atoms with E-state index in [1.807, 2.05) is 12.1 Å². The molecule has 0 atom stereocenters. The third kappa shape index (κ3) is 2.41. The molecule has 2 heterocycles. The molecule has 0 bridgehead atoms. The summed E-state index contributed by atoms with van der Waals surface area (Å²) in [6.45, 7) is 3.03. The monoisotopic (exact) mass is 269 g/mol. The second-order valence-electron chi connectivity index (χ2n) is 4.83. The quantitative estimate of drug-likeness (QED) is 0.725. The molecule has 3 nitrogen and oxygen atoms in total. The van der Waals surface area contributed by atoms with Gasteiger partial charge in [-0.15, -0.1) is 0 Å². The highest BCUT2D eigenvalue weighted by Crippen LogP contribution is 2.17. The zero-order valence-electron chi connectivity index (χ0n) is 11.4. The molecule has 3 aromatic rings. The molecular weight excluding hydrogens is 253 g/mol. The lowest BCUT2D eigenvalue weighted by Crippen LogP contribution is -2.05. The van der Waals surface area contributed by atoms with Gasteiger partial charge in [0.25, 0.3) is 0 Å². The molecule has 0 amide bonds. The molecule has 1 aromatic carbocycles. The Morgan fingerprint density at radius 3 is 2.70 bits per heavy atom. The van der Waals surface area contributed by atoms with Gasteiger partial charge in [0.05, 0.1) is 0 Å². The molecule has 0 N–H and O–H groups in total. The summed E-state index contributed by atoms with van der Waals surface area (Å²) in [6.07, 6.45) is 3.51. The zero-order valence-corrected chi connectivity index (χ0v) is 11.4. The predicted molar refractivity (Wildman–Crippen MR) is 77.0 cm³/mol. The van der Waals surface area contributed by atoms with Crippen LogP contribution in [0.25, 0.3) is 11.2 Å². The predicted octanol–water partition coefficient (Wildman–Crippen LogP) is 3.57. The first kappa shape index (κ1) is 12.8. The number of aromatic nitrogens is 3. The number of imidazole rings is 1. The highest BCUT2D eigenvalue weighted by Gasteiger charge is 2.11. The third-order valence-electron chi connectivity index (χ3n) is 3.31. The van der Waals surface area contributed by atoms with Gasteiger partial charge in [-0.25, -0.2) is 14.4 Å². The number of halogens is 1. The van der Waals surface area contributed by atoms with Crippen LogP contribution in [0, 0.1) is 5.82 Å². The fourth-order valence-corrected chi connectivity index (χ4v) is 2.38. The number of hydrogen-bond donors (Lipinski definition) is 0. The third-order valence-corrected chi connectivity index (χ3v) is 3.31. The van der Waals surface area contributed by atoms with E-state index in [0.717, 1.165) is 35.5 Å². The lowest BCUT2D eigenvalue weighted by atomic mass is 10.1. The van der Waals surface area contributed by atoms with Gasteiger partial charge >= 0.3 is 0 Å². The topological polar surface area (TPSA) is 30.7 Å². The van der Waals surface area contributed by atoms with E-state index in [1.54, 1.807) is 18.3 Å². The first-order valence-electron chi connectivity index (χ1n) is 6.82. The van der Waals surface area contributed by atoms with E-state index in [4.69, 9.17) is 0 Å². The van der Waals surface area contributed by atoms with Crippen LogP contribution in [0.1, 0.15) is 24.7 Å². The molecule has 4 heteroatoms. The molecule has 0 fully saturated rings. The summed E-state index contributed by atoms with van der Waals surface area (Å²) in [5.74, 6) is 0.768. The van der Waals surface area contributed by atoms with E-state index in [1.165, 1.54) is 12.1 Å². The van der Waals surface area contributed by atoms with Crippen LogP contribution in [-0.4, -0.2) is 14.5 Å². The number of aryl methyl sites for hydroxylation is 1. The Morgan fingerprint density at radius 1 is 1.15 bits per heavy atom. The molecule has 0 unspecified atom stereocenters. The maximum Gasteiger partial charge on any atom is 0.159 e. The van der Waals surface area contributed by atoms with Gasteiger partial charge in [-0.05, 0) is 36.2 Å². The van der Waals surface area contributed by atoms with Crippen molar-refractivity contribution in [3.8, 4) is 0 Å². The number of hydrogen-bond acceptors (Lipinski definition) is 2. The van der Waals surface area contributed by atoms with Crippen molar-refractivity contribution in [1.82, 2.24) is 14.5 Å². The summed E-state index contributed by atoms with van der Waals surface area (Å²) in [4.78, 5) is 9.07. The average molecular weight is 269 g/mol. The van der Waals surface area contributed by atoms with Crippen molar-refractivity contribution < 1.29 is 4.39 Å². The van der Waals surface area contributed by atoms with E-state index in [2.05, 4.69) is 21.5 Å². The van der Waals surface area contributed by atoms with Crippen molar-refractivity contribution in [1.29, 1.82) is 0 Å². The van der Waals surface area contributed by atoms with Crippen molar-refractivity contribution in [2.75, 3.05) is 0 Å². The molecule has 0 aliphatic rings. The number of nitrogens with zero attached hydrogens (tertiary/aromatic N) is 3. The number of rotatable bonds is 4. The van der Waals surface area contributed by atoms with Crippen LogP contribution in [0.5, 0.6) is 0 Å². The van der Waals surface area contributed by atoms with Crippen LogP contribution in [0.2, 0.25) is 0 Å². The molecular formula is C16H16FN3.